The fourth-order valence-electron chi connectivity index (χ4n) is 2.24. The van der Waals surface area contributed by atoms with Gasteiger partial charge in [0.15, 0.2) is 6.04 Å². The second kappa shape index (κ2) is 8.09. The molecule has 23 heavy (non-hydrogen) atoms. The molecule has 0 saturated heterocycles. The van der Waals surface area contributed by atoms with Crippen LogP contribution >= 0.6 is 0 Å². The van der Waals surface area contributed by atoms with E-state index in [2.05, 4.69) is 10.4 Å². The molecule has 0 radical (unpaired) electrons. The molecule has 2 rings (SSSR count). The van der Waals surface area contributed by atoms with Crippen LogP contribution in [0.25, 0.3) is 0 Å². The van der Waals surface area contributed by atoms with Gasteiger partial charge in [-0.05, 0) is 11.6 Å². The van der Waals surface area contributed by atoms with Crippen molar-refractivity contribution in [3.8, 4) is 0 Å². The predicted octanol–water partition coefficient (Wildman–Crippen LogP) is 1.08. The number of hydrogen-bond acceptors (Lipinski definition) is 4. The SMILES string of the molecule is COCCC(NC(=O)C(c1ccccc1)n1cccn1)C(=O)O. The highest BCUT2D eigenvalue weighted by Gasteiger charge is 2.27. The fraction of sp³-hybridized carbons (Fsp3) is 0.312. The molecule has 2 unspecified atom stereocenters. The maximum absolute atomic E-state index is 12.6. The Hall–Kier alpha value is -2.67. The van der Waals surface area contributed by atoms with E-state index in [0.29, 0.717) is 0 Å². The number of carbonyl (C=O) groups is 2. The zero-order chi connectivity index (χ0) is 16.7. The molecule has 1 aromatic carbocycles. The molecule has 0 aliphatic heterocycles. The van der Waals surface area contributed by atoms with Crippen molar-refractivity contribution in [1.82, 2.24) is 15.1 Å². The fourth-order valence-corrected chi connectivity index (χ4v) is 2.24. The summed E-state index contributed by atoms with van der Waals surface area (Å²) in [4.78, 5) is 23.9. The van der Waals surface area contributed by atoms with E-state index < -0.39 is 24.0 Å². The molecule has 2 N–H and O–H groups in total. The zero-order valence-corrected chi connectivity index (χ0v) is 12.8. The van der Waals surface area contributed by atoms with Crippen LogP contribution in [-0.2, 0) is 14.3 Å². The Kier molecular flexibility index (Phi) is 5.87. The van der Waals surface area contributed by atoms with Crippen LogP contribution in [0.5, 0.6) is 0 Å². The summed E-state index contributed by atoms with van der Waals surface area (Å²) in [7, 11) is 1.48. The van der Waals surface area contributed by atoms with Gasteiger partial charge in [0.2, 0.25) is 5.91 Å². The number of methoxy groups -OCH3 is 1. The second-order valence-corrected chi connectivity index (χ2v) is 4.98. The molecule has 0 aliphatic carbocycles. The third-order valence-electron chi connectivity index (χ3n) is 3.38. The number of hydrogen-bond donors (Lipinski definition) is 2. The standard InChI is InChI=1S/C16H19N3O4/c1-23-11-8-13(16(21)22)18-15(20)14(19-10-5-9-17-19)12-6-3-2-4-7-12/h2-7,9-10,13-14H,8,11H2,1H3,(H,18,20)(H,21,22). The molecule has 7 nitrogen and oxygen atoms in total. The molecule has 0 fully saturated rings. The Morgan fingerprint density at radius 1 is 1.30 bits per heavy atom. The van der Waals surface area contributed by atoms with Gasteiger partial charge in [0.05, 0.1) is 0 Å². The summed E-state index contributed by atoms with van der Waals surface area (Å²) in [5.41, 5.74) is 0.726. The molecular formula is C16H19N3O4. The lowest BCUT2D eigenvalue weighted by atomic mass is 10.1. The van der Waals surface area contributed by atoms with E-state index in [1.807, 2.05) is 18.2 Å². The molecule has 0 bridgehead atoms. The minimum Gasteiger partial charge on any atom is -0.480 e. The van der Waals surface area contributed by atoms with Gasteiger partial charge in [-0.25, -0.2) is 4.79 Å². The number of benzene rings is 1. The van der Waals surface area contributed by atoms with Crippen molar-refractivity contribution >= 4 is 11.9 Å². The Bertz CT molecular complexity index is 628. The summed E-state index contributed by atoms with van der Waals surface area (Å²) in [5.74, 6) is -1.52. The highest BCUT2D eigenvalue weighted by molar-refractivity contribution is 5.88. The second-order valence-electron chi connectivity index (χ2n) is 4.98. The van der Waals surface area contributed by atoms with E-state index >= 15 is 0 Å². The molecule has 2 atom stereocenters. The summed E-state index contributed by atoms with van der Waals surface area (Å²) >= 11 is 0. The van der Waals surface area contributed by atoms with E-state index in [1.54, 1.807) is 30.6 Å². The summed E-state index contributed by atoms with van der Waals surface area (Å²) in [6.45, 7) is 0.245. The van der Waals surface area contributed by atoms with Gasteiger partial charge in [-0.2, -0.15) is 5.10 Å². The summed E-state index contributed by atoms with van der Waals surface area (Å²) in [6, 6.07) is 9.06. The molecule has 7 heteroatoms. The van der Waals surface area contributed by atoms with Gasteiger partial charge in [-0.1, -0.05) is 30.3 Å². The van der Waals surface area contributed by atoms with E-state index in [4.69, 9.17) is 4.74 Å². The number of carboxylic acid groups (broad SMARTS) is 1. The van der Waals surface area contributed by atoms with E-state index in [1.165, 1.54) is 11.8 Å². The third kappa shape index (κ3) is 4.40. The highest BCUT2D eigenvalue weighted by Crippen LogP contribution is 2.18. The van der Waals surface area contributed by atoms with E-state index in [-0.39, 0.29) is 13.0 Å². The highest BCUT2D eigenvalue weighted by atomic mass is 16.5. The molecule has 1 heterocycles. The monoisotopic (exact) mass is 317 g/mol. The topological polar surface area (TPSA) is 93.5 Å². The van der Waals surface area contributed by atoms with Gasteiger partial charge in [0.1, 0.15) is 6.04 Å². The predicted molar refractivity (Wildman–Crippen MR) is 82.9 cm³/mol. The van der Waals surface area contributed by atoms with Crippen molar-refractivity contribution in [3.63, 3.8) is 0 Å². The lowest BCUT2D eigenvalue weighted by molar-refractivity contribution is -0.142. The Labute approximate surface area is 133 Å². The zero-order valence-electron chi connectivity index (χ0n) is 12.8. The van der Waals surface area contributed by atoms with Crippen LogP contribution in [0.1, 0.15) is 18.0 Å². The number of nitrogens with zero attached hydrogens (tertiary/aromatic N) is 2. The van der Waals surface area contributed by atoms with Crippen LogP contribution < -0.4 is 5.32 Å². The molecule has 0 spiro atoms. The average Bonchev–Trinajstić information content (AvgIpc) is 3.06. The third-order valence-corrected chi connectivity index (χ3v) is 3.38. The minimum absolute atomic E-state index is 0.193. The van der Waals surface area contributed by atoms with Crippen molar-refractivity contribution in [1.29, 1.82) is 0 Å². The Balaban J connectivity index is 2.22. The normalized spacial score (nSPS) is 13.3. The van der Waals surface area contributed by atoms with E-state index in [9.17, 15) is 14.7 Å². The number of aromatic nitrogens is 2. The van der Waals surface area contributed by atoms with Crippen molar-refractivity contribution in [3.05, 3.63) is 54.4 Å². The Morgan fingerprint density at radius 2 is 2.04 bits per heavy atom. The number of carbonyl (C=O) groups excluding carboxylic acids is 1. The number of amides is 1. The first-order chi connectivity index (χ1) is 11.1. The maximum atomic E-state index is 12.6. The number of aliphatic carboxylic acids is 1. The summed E-state index contributed by atoms with van der Waals surface area (Å²) in [5, 5.41) is 15.9. The van der Waals surface area contributed by atoms with Gasteiger partial charge < -0.3 is 15.2 Å². The molecule has 1 amide bonds. The van der Waals surface area contributed by atoms with Crippen molar-refractivity contribution in [2.75, 3.05) is 13.7 Å². The van der Waals surface area contributed by atoms with Gasteiger partial charge in [-0.15, -0.1) is 0 Å². The first kappa shape index (κ1) is 16.7. The van der Waals surface area contributed by atoms with Gasteiger partial charge in [-0.3, -0.25) is 9.48 Å². The molecular weight excluding hydrogens is 298 g/mol. The van der Waals surface area contributed by atoms with Crippen molar-refractivity contribution in [2.24, 2.45) is 0 Å². The quantitative estimate of drug-likeness (QED) is 0.760. The van der Waals surface area contributed by atoms with Crippen molar-refractivity contribution in [2.45, 2.75) is 18.5 Å². The number of carboxylic acids is 1. The van der Waals surface area contributed by atoms with Crippen LogP contribution in [0.3, 0.4) is 0 Å². The Morgan fingerprint density at radius 3 is 2.61 bits per heavy atom. The van der Waals surface area contributed by atoms with Crippen LogP contribution in [0.2, 0.25) is 0 Å². The lowest BCUT2D eigenvalue weighted by Crippen LogP contribution is -2.45. The first-order valence-corrected chi connectivity index (χ1v) is 7.19. The largest absolute Gasteiger partial charge is 0.480 e. The summed E-state index contributed by atoms with van der Waals surface area (Å²) < 4.78 is 6.39. The van der Waals surface area contributed by atoms with Gasteiger partial charge >= 0.3 is 5.97 Å². The molecule has 0 aliphatic rings. The molecule has 2 aromatic rings. The van der Waals surface area contributed by atoms with Crippen LogP contribution in [0, 0.1) is 0 Å². The van der Waals surface area contributed by atoms with Crippen molar-refractivity contribution < 1.29 is 19.4 Å². The van der Waals surface area contributed by atoms with Gasteiger partial charge in [0.25, 0.3) is 0 Å². The molecule has 1 aromatic heterocycles. The maximum Gasteiger partial charge on any atom is 0.326 e. The smallest absolute Gasteiger partial charge is 0.326 e. The lowest BCUT2D eigenvalue weighted by Gasteiger charge is -2.21. The number of rotatable bonds is 8. The van der Waals surface area contributed by atoms with Crippen LogP contribution in [0.15, 0.2) is 48.8 Å². The van der Waals surface area contributed by atoms with Crippen LogP contribution in [0.4, 0.5) is 0 Å². The molecule has 122 valence electrons. The minimum atomic E-state index is -1.09. The van der Waals surface area contributed by atoms with Crippen LogP contribution in [-0.4, -0.2) is 46.5 Å². The van der Waals surface area contributed by atoms with E-state index in [0.717, 1.165) is 5.56 Å². The number of ether oxygens (including phenoxy) is 1. The molecule has 0 saturated carbocycles. The average molecular weight is 317 g/mol. The number of nitrogens with one attached hydrogen (secondary N) is 1. The first-order valence-electron chi connectivity index (χ1n) is 7.19. The van der Waals surface area contributed by atoms with Gasteiger partial charge in [0, 0.05) is 32.5 Å². The summed E-state index contributed by atoms with van der Waals surface area (Å²) in [6.07, 6.45) is 3.43.